The van der Waals surface area contributed by atoms with Gasteiger partial charge in [-0.15, -0.1) is 24.9 Å². The molecular formula is C12H22N2OS. The third-order valence-electron chi connectivity index (χ3n) is 2.12. The van der Waals surface area contributed by atoms with Gasteiger partial charge in [0.1, 0.15) is 0 Å². The monoisotopic (exact) mass is 242 g/mol. The van der Waals surface area contributed by atoms with Gasteiger partial charge in [0, 0.05) is 18.3 Å². The molecule has 16 heavy (non-hydrogen) atoms. The largest absolute Gasteiger partial charge is 0.335 e. The minimum atomic E-state index is 0.133. The summed E-state index contributed by atoms with van der Waals surface area (Å²) in [6.45, 7) is 11.2. The lowest BCUT2D eigenvalue weighted by molar-refractivity contribution is -0.127. The molecule has 0 aliphatic heterocycles. The quantitative estimate of drug-likeness (QED) is 0.625. The number of carbonyl (C=O) groups excluding carboxylic acids is 1. The van der Waals surface area contributed by atoms with E-state index in [-0.39, 0.29) is 5.91 Å². The Kier molecular flexibility index (Phi) is 9.04. The van der Waals surface area contributed by atoms with E-state index in [2.05, 4.69) is 20.1 Å². The van der Waals surface area contributed by atoms with Crippen molar-refractivity contribution in [2.75, 3.05) is 25.4 Å². The van der Waals surface area contributed by atoms with Crippen LogP contribution in [0.3, 0.4) is 0 Å². The van der Waals surface area contributed by atoms with Crippen molar-refractivity contribution in [2.45, 2.75) is 18.6 Å². The highest BCUT2D eigenvalue weighted by atomic mass is 32.2. The van der Waals surface area contributed by atoms with Gasteiger partial charge < -0.3 is 10.6 Å². The predicted octanol–water partition coefficient (Wildman–Crippen LogP) is 1.66. The Morgan fingerprint density at radius 2 is 2.00 bits per heavy atom. The van der Waals surface area contributed by atoms with E-state index >= 15 is 0 Å². The van der Waals surface area contributed by atoms with Crippen LogP contribution in [0.2, 0.25) is 0 Å². The third kappa shape index (κ3) is 6.69. The van der Waals surface area contributed by atoms with E-state index in [1.807, 2.05) is 0 Å². The van der Waals surface area contributed by atoms with Crippen molar-refractivity contribution in [1.82, 2.24) is 4.90 Å². The number of nitrogens with two attached hydrogens (primary N) is 1. The lowest BCUT2D eigenvalue weighted by Crippen LogP contribution is -2.33. The second-order valence-electron chi connectivity index (χ2n) is 3.58. The van der Waals surface area contributed by atoms with Crippen molar-refractivity contribution in [3.05, 3.63) is 25.3 Å². The highest BCUT2D eigenvalue weighted by Crippen LogP contribution is 2.13. The Morgan fingerprint density at radius 1 is 1.44 bits per heavy atom. The number of hydrogen-bond donors (Lipinski definition) is 1. The van der Waals surface area contributed by atoms with Gasteiger partial charge in [-0.1, -0.05) is 19.1 Å². The molecule has 1 unspecified atom stereocenters. The van der Waals surface area contributed by atoms with Crippen molar-refractivity contribution in [3.63, 3.8) is 0 Å². The zero-order valence-corrected chi connectivity index (χ0v) is 10.8. The van der Waals surface area contributed by atoms with Crippen molar-refractivity contribution >= 4 is 17.7 Å². The zero-order chi connectivity index (χ0) is 12.4. The number of rotatable bonds is 9. The van der Waals surface area contributed by atoms with Crippen molar-refractivity contribution in [1.29, 1.82) is 0 Å². The molecule has 0 aromatic heterocycles. The van der Waals surface area contributed by atoms with Crippen molar-refractivity contribution in [3.8, 4) is 0 Å². The van der Waals surface area contributed by atoms with E-state index in [1.165, 1.54) is 0 Å². The first-order valence-electron chi connectivity index (χ1n) is 5.46. The molecule has 92 valence electrons. The smallest absolute Gasteiger partial charge is 0.233 e. The van der Waals surface area contributed by atoms with E-state index < -0.39 is 0 Å². The summed E-state index contributed by atoms with van der Waals surface area (Å²) in [6, 6.07) is 0. The van der Waals surface area contributed by atoms with Crippen molar-refractivity contribution in [2.24, 2.45) is 5.73 Å². The number of carbonyl (C=O) groups is 1. The molecule has 0 rings (SSSR count). The number of thioether (sulfide) groups is 1. The lowest BCUT2D eigenvalue weighted by Gasteiger charge is -2.20. The van der Waals surface area contributed by atoms with Crippen LogP contribution in [-0.2, 0) is 4.79 Å². The van der Waals surface area contributed by atoms with E-state index in [9.17, 15) is 4.79 Å². The summed E-state index contributed by atoms with van der Waals surface area (Å²) in [5.41, 5.74) is 5.46. The van der Waals surface area contributed by atoms with Crippen LogP contribution in [-0.4, -0.2) is 41.4 Å². The molecule has 0 spiro atoms. The highest BCUT2D eigenvalue weighted by molar-refractivity contribution is 8.00. The van der Waals surface area contributed by atoms with Crippen LogP contribution in [0, 0.1) is 0 Å². The maximum absolute atomic E-state index is 11.8. The molecule has 0 bridgehead atoms. The molecule has 1 amide bonds. The molecule has 0 saturated heterocycles. The maximum atomic E-state index is 11.8. The molecule has 2 N–H and O–H groups in total. The Hall–Kier alpha value is -0.740. The Balaban J connectivity index is 3.99. The Morgan fingerprint density at radius 3 is 2.44 bits per heavy atom. The fraction of sp³-hybridized carbons (Fsp3) is 0.583. The Bertz CT molecular complexity index is 221. The molecule has 0 radical (unpaired) electrons. The summed E-state index contributed by atoms with van der Waals surface area (Å²) in [6.07, 6.45) is 4.41. The fourth-order valence-electron chi connectivity index (χ4n) is 1.21. The molecule has 3 nitrogen and oxygen atoms in total. The molecule has 0 aliphatic carbocycles. The van der Waals surface area contributed by atoms with Crippen LogP contribution >= 0.6 is 11.8 Å². The topological polar surface area (TPSA) is 46.3 Å². The van der Waals surface area contributed by atoms with Crippen LogP contribution < -0.4 is 5.73 Å². The fourth-order valence-corrected chi connectivity index (χ4v) is 2.13. The SMILES string of the molecule is C=CCN(CC=C)C(=O)CSC(C)CCN. The molecule has 0 aromatic rings. The first-order chi connectivity index (χ1) is 7.65. The second-order valence-corrected chi connectivity index (χ2v) is 5.00. The van der Waals surface area contributed by atoms with E-state index in [0.717, 1.165) is 6.42 Å². The van der Waals surface area contributed by atoms with E-state index in [0.29, 0.717) is 30.6 Å². The lowest BCUT2D eigenvalue weighted by atomic mass is 10.3. The third-order valence-corrected chi connectivity index (χ3v) is 3.33. The van der Waals surface area contributed by atoms with Crippen LogP contribution in [0.1, 0.15) is 13.3 Å². The molecular weight excluding hydrogens is 220 g/mol. The zero-order valence-electron chi connectivity index (χ0n) is 10.0. The number of hydrogen-bond acceptors (Lipinski definition) is 3. The van der Waals surface area contributed by atoms with Gasteiger partial charge in [0.05, 0.1) is 5.75 Å². The second kappa shape index (κ2) is 9.48. The standard InChI is InChI=1S/C12H22N2OS/c1-4-8-14(9-5-2)12(15)10-16-11(3)6-7-13/h4-5,11H,1-2,6-10,13H2,3H3. The summed E-state index contributed by atoms with van der Waals surface area (Å²) in [7, 11) is 0. The summed E-state index contributed by atoms with van der Waals surface area (Å²) < 4.78 is 0. The average molecular weight is 242 g/mol. The van der Waals surface area contributed by atoms with E-state index in [4.69, 9.17) is 5.73 Å². The summed E-state index contributed by atoms with van der Waals surface area (Å²) >= 11 is 1.65. The van der Waals surface area contributed by atoms with Gasteiger partial charge in [-0.05, 0) is 13.0 Å². The number of amides is 1. The molecule has 0 saturated carbocycles. The molecule has 0 aromatic carbocycles. The van der Waals surface area contributed by atoms with Gasteiger partial charge in [0.25, 0.3) is 0 Å². The first kappa shape index (κ1) is 15.3. The van der Waals surface area contributed by atoms with E-state index in [1.54, 1.807) is 28.8 Å². The summed E-state index contributed by atoms with van der Waals surface area (Å²) in [5, 5.41) is 0.434. The van der Waals surface area contributed by atoms with Crippen LogP contribution in [0.25, 0.3) is 0 Å². The molecule has 0 heterocycles. The van der Waals surface area contributed by atoms with Gasteiger partial charge in [-0.3, -0.25) is 4.79 Å². The molecule has 4 heteroatoms. The van der Waals surface area contributed by atoms with Crippen LogP contribution in [0.15, 0.2) is 25.3 Å². The summed E-state index contributed by atoms with van der Waals surface area (Å²) in [4.78, 5) is 13.5. The van der Waals surface area contributed by atoms with Gasteiger partial charge in [-0.25, -0.2) is 0 Å². The van der Waals surface area contributed by atoms with Crippen molar-refractivity contribution < 1.29 is 4.79 Å². The Labute approximate surface area is 103 Å². The summed E-state index contributed by atoms with van der Waals surface area (Å²) in [5.74, 6) is 0.636. The molecule has 0 aliphatic rings. The number of nitrogens with zero attached hydrogens (tertiary/aromatic N) is 1. The van der Waals surface area contributed by atoms with Crippen LogP contribution in [0.5, 0.6) is 0 Å². The molecule has 1 atom stereocenters. The normalized spacial score (nSPS) is 11.9. The molecule has 0 fully saturated rings. The first-order valence-corrected chi connectivity index (χ1v) is 6.51. The van der Waals surface area contributed by atoms with Crippen LogP contribution in [0.4, 0.5) is 0 Å². The predicted molar refractivity (Wildman–Crippen MR) is 72.6 cm³/mol. The average Bonchev–Trinajstić information content (AvgIpc) is 2.26. The van der Waals surface area contributed by atoms with Gasteiger partial charge >= 0.3 is 0 Å². The van der Waals surface area contributed by atoms with Gasteiger partial charge in [-0.2, -0.15) is 0 Å². The van der Waals surface area contributed by atoms with Gasteiger partial charge in [0.15, 0.2) is 0 Å². The minimum Gasteiger partial charge on any atom is -0.335 e. The highest BCUT2D eigenvalue weighted by Gasteiger charge is 2.12. The van der Waals surface area contributed by atoms with Gasteiger partial charge in [0.2, 0.25) is 5.91 Å². The minimum absolute atomic E-state index is 0.133. The maximum Gasteiger partial charge on any atom is 0.233 e.